The third-order valence-electron chi connectivity index (χ3n) is 5.14. The molecule has 0 saturated carbocycles. The van der Waals surface area contributed by atoms with E-state index < -0.39 is 0 Å². The minimum Gasteiger partial charge on any atom is -0.341 e. The number of nitrogens with zero attached hydrogens (tertiary/aromatic N) is 4. The van der Waals surface area contributed by atoms with Gasteiger partial charge in [0.25, 0.3) is 0 Å². The Balaban J connectivity index is 1.46. The number of hydrogen-bond acceptors (Lipinski definition) is 3. The smallest absolute Gasteiger partial charge is 0.226 e. The predicted molar refractivity (Wildman–Crippen MR) is 97.0 cm³/mol. The summed E-state index contributed by atoms with van der Waals surface area (Å²) < 4.78 is 2.22. The van der Waals surface area contributed by atoms with Crippen molar-refractivity contribution in [2.24, 2.45) is 5.92 Å². The van der Waals surface area contributed by atoms with Gasteiger partial charge in [0.15, 0.2) is 0 Å². The molecule has 5 nitrogen and oxygen atoms in total. The first kappa shape index (κ1) is 15.8. The Bertz CT molecular complexity index is 930. The molecule has 25 heavy (non-hydrogen) atoms. The number of rotatable bonds is 3. The van der Waals surface area contributed by atoms with Gasteiger partial charge in [-0.25, -0.2) is 4.98 Å². The van der Waals surface area contributed by atoms with Crippen molar-refractivity contribution >= 4 is 16.7 Å². The minimum atomic E-state index is 0.0539. The maximum Gasteiger partial charge on any atom is 0.226 e. The van der Waals surface area contributed by atoms with Crippen LogP contribution < -0.4 is 0 Å². The molecule has 0 spiro atoms. The van der Waals surface area contributed by atoms with Gasteiger partial charge >= 0.3 is 0 Å². The highest BCUT2D eigenvalue weighted by Crippen LogP contribution is 2.24. The highest BCUT2D eigenvalue weighted by molar-refractivity contribution is 5.82. The van der Waals surface area contributed by atoms with Crippen LogP contribution in [0.4, 0.5) is 0 Å². The molecule has 1 atom stereocenters. The Labute approximate surface area is 147 Å². The van der Waals surface area contributed by atoms with E-state index in [1.165, 1.54) is 5.69 Å². The Morgan fingerprint density at radius 3 is 3.04 bits per heavy atom. The number of aryl methyl sites for hydroxylation is 1. The summed E-state index contributed by atoms with van der Waals surface area (Å²) in [6.45, 7) is 3.54. The van der Waals surface area contributed by atoms with Gasteiger partial charge < -0.3 is 9.47 Å². The van der Waals surface area contributed by atoms with E-state index in [1.54, 1.807) is 6.20 Å². The van der Waals surface area contributed by atoms with Crippen molar-refractivity contribution in [1.29, 1.82) is 0 Å². The molecule has 0 bridgehead atoms. The lowest BCUT2D eigenvalue weighted by atomic mass is 9.94. The van der Waals surface area contributed by atoms with Crippen molar-refractivity contribution in [3.05, 3.63) is 59.9 Å². The molecule has 2 aromatic heterocycles. The Morgan fingerprint density at radius 1 is 1.28 bits per heavy atom. The molecule has 0 aliphatic carbocycles. The van der Waals surface area contributed by atoms with Gasteiger partial charge in [-0.2, -0.15) is 0 Å². The van der Waals surface area contributed by atoms with E-state index in [4.69, 9.17) is 0 Å². The molecule has 1 amide bonds. The summed E-state index contributed by atoms with van der Waals surface area (Å²) in [4.78, 5) is 23.2. The summed E-state index contributed by atoms with van der Waals surface area (Å²) >= 11 is 0. The van der Waals surface area contributed by atoms with Gasteiger partial charge in [0, 0.05) is 62.1 Å². The number of pyridine rings is 1. The second-order valence-electron chi connectivity index (χ2n) is 6.89. The van der Waals surface area contributed by atoms with Crippen molar-refractivity contribution < 1.29 is 4.79 Å². The Hall–Kier alpha value is -2.69. The SMILES string of the molecule is Cc1ncc2n1CCC(C(=O)N(C)Cc1ccc3cnccc3c1)C2. The van der Waals surface area contributed by atoms with Gasteiger partial charge in [0.05, 0.1) is 0 Å². The largest absolute Gasteiger partial charge is 0.341 e. The van der Waals surface area contributed by atoms with E-state index in [-0.39, 0.29) is 11.8 Å². The third kappa shape index (κ3) is 3.02. The zero-order valence-electron chi connectivity index (χ0n) is 14.6. The Kier molecular flexibility index (Phi) is 3.99. The quantitative estimate of drug-likeness (QED) is 0.740. The average molecular weight is 334 g/mol. The lowest BCUT2D eigenvalue weighted by Crippen LogP contribution is -2.36. The predicted octanol–water partition coefficient (Wildman–Crippen LogP) is 2.96. The zero-order valence-corrected chi connectivity index (χ0v) is 14.6. The number of imidazole rings is 1. The number of fused-ring (bicyclic) bond motifs is 2. The summed E-state index contributed by atoms with van der Waals surface area (Å²) in [5.74, 6) is 1.32. The number of hydrogen-bond donors (Lipinski definition) is 0. The summed E-state index contributed by atoms with van der Waals surface area (Å²) in [5.41, 5.74) is 2.32. The molecule has 5 heteroatoms. The molecule has 0 fully saturated rings. The van der Waals surface area contributed by atoms with Crippen LogP contribution in [0.25, 0.3) is 10.8 Å². The van der Waals surface area contributed by atoms with Crippen molar-refractivity contribution in [2.75, 3.05) is 7.05 Å². The van der Waals surface area contributed by atoms with Crippen LogP contribution in [0, 0.1) is 12.8 Å². The fourth-order valence-corrected chi connectivity index (χ4v) is 3.73. The number of carbonyl (C=O) groups excluding carboxylic acids is 1. The van der Waals surface area contributed by atoms with Crippen LogP contribution in [-0.2, 0) is 24.3 Å². The first-order valence-corrected chi connectivity index (χ1v) is 8.70. The monoisotopic (exact) mass is 334 g/mol. The van der Waals surface area contributed by atoms with Crippen LogP contribution >= 0.6 is 0 Å². The number of carbonyl (C=O) groups is 1. The van der Waals surface area contributed by atoms with Crippen molar-refractivity contribution in [3.8, 4) is 0 Å². The summed E-state index contributed by atoms with van der Waals surface area (Å²) in [6, 6.07) is 8.29. The fourth-order valence-electron chi connectivity index (χ4n) is 3.73. The van der Waals surface area contributed by atoms with E-state index >= 15 is 0 Å². The van der Waals surface area contributed by atoms with E-state index in [2.05, 4.69) is 32.7 Å². The third-order valence-corrected chi connectivity index (χ3v) is 5.14. The molecule has 1 unspecified atom stereocenters. The standard InChI is InChI=1S/C20H22N4O/c1-14-22-12-19-10-17(6-8-24(14)19)20(25)23(2)13-15-3-4-18-11-21-7-5-16(18)9-15/h3-5,7,9,11-12,17H,6,8,10,13H2,1-2H3. The van der Waals surface area contributed by atoms with Crippen LogP contribution in [0.5, 0.6) is 0 Å². The molecule has 0 radical (unpaired) electrons. The Morgan fingerprint density at radius 2 is 2.16 bits per heavy atom. The first-order valence-electron chi connectivity index (χ1n) is 8.70. The van der Waals surface area contributed by atoms with Crippen LogP contribution in [0.3, 0.4) is 0 Å². The first-order chi connectivity index (χ1) is 12.1. The molecule has 3 heterocycles. The topological polar surface area (TPSA) is 51.0 Å². The van der Waals surface area contributed by atoms with E-state index in [1.807, 2.05) is 37.3 Å². The van der Waals surface area contributed by atoms with Crippen molar-refractivity contribution in [2.45, 2.75) is 32.9 Å². The molecule has 1 aliphatic heterocycles. The van der Waals surface area contributed by atoms with Gasteiger partial charge in [-0.15, -0.1) is 0 Å². The maximum absolute atomic E-state index is 12.9. The zero-order chi connectivity index (χ0) is 17.4. The molecular formula is C20H22N4O. The van der Waals surface area contributed by atoms with Crippen molar-refractivity contribution in [1.82, 2.24) is 19.4 Å². The molecule has 3 aromatic rings. The summed E-state index contributed by atoms with van der Waals surface area (Å²) in [6.07, 6.45) is 7.24. The van der Waals surface area contributed by atoms with E-state index in [9.17, 15) is 4.79 Å². The molecule has 1 aliphatic rings. The normalized spacial score (nSPS) is 16.6. The summed E-state index contributed by atoms with van der Waals surface area (Å²) in [5, 5.41) is 2.28. The number of benzene rings is 1. The van der Waals surface area contributed by atoms with Crippen molar-refractivity contribution in [3.63, 3.8) is 0 Å². The molecule has 4 rings (SSSR count). The fraction of sp³-hybridized carbons (Fsp3) is 0.350. The second-order valence-corrected chi connectivity index (χ2v) is 6.89. The van der Waals surface area contributed by atoms with Crippen LogP contribution in [0.2, 0.25) is 0 Å². The maximum atomic E-state index is 12.9. The second kappa shape index (κ2) is 6.31. The van der Waals surface area contributed by atoms with Gasteiger partial charge in [-0.1, -0.05) is 12.1 Å². The van der Waals surface area contributed by atoms with Gasteiger partial charge in [-0.3, -0.25) is 9.78 Å². The minimum absolute atomic E-state index is 0.0539. The van der Waals surface area contributed by atoms with Crippen LogP contribution in [-0.4, -0.2) is 32.4 Å². The summed E-state index contributed by atoms with van der Waals surface area (Å²) in [7, 11) is 1.90. The molecule has 0 N–H and O–H groups in total. The van der Waals surface area contributed by atoms with Crippen LogP contribution in [0.1, 0.15) is 23.5 Å². The highest BCUT2D eigenvalue weighted by atomic mass is 16.2. The molecule has 0 saturated heterocycles. The molecular weight excluding hydrogens is 312 g/mol. The lowest BCUT2D eigenvalue weighted by molar-refractivity contribution is -0.135. The van der Waals surface area contributed by atoms with Gasteiger partial charge in [0.1, 0.15) is 5.82 Å². The average Bonchev–Trinajstić information content (AvgIpc) is 3.01. The highest BCUT2D eigenvalue weighted by Gasteiger charge is 2.28. The van der Waals surface area contributed by atoms with Crippen LogP contribution in [0.15, 0.2) is 42.9 Å². The lowest BCUT2D eigenvalue weighted by Gasteiger charge is -2.28. The molecule has 128 valence electrons. The van der Waals surface area contributed by atoms with E-state index in [0.29, 0.717) is 6.54 Å². The van der Waals surface area contributed by atoms with Gasteiger partial charge in [-0.05, 0) is 36.4 Å². The molecule has 1 aromatic carbocycles. The van der Waals surface area contributed by atoms with Gasteiger partial charge in [0.2, 0.25) is 5.91 Å². The van der Waals surface area contributed by atoms with E-state index in [0.717, 1.165) is 41.5 Å². The number of amides is 1. The number of aromatic nitrogens is 3.